The van der Waals surface area contributed by atoms with Crippen LogP contribution in [0.15, 0.2) is 54.6 Å². The summed E-state index contributed by atoms with van der Waals surface area (Å²) in [6, 6.07) is 14.5. The second kappa shape index (κ2) is 6.73. The summed E-state index contributed by atoms with van der Waals surface area (Å²) >= 11 is 0. The van der Waals surface area contributed by atoms with Gasteiger partial charge in [0.25, 0.3) is 0 Å². The molecule has 1 N–H and O–H groups in total. The first-order valence-electron chi connectivity index (χ1n) is 7.80. The number of rotatable bonds is 4. The van der Waals surface area contributed by atoms with Gasteiger partial charge >= 0.3 is 0 Å². The van der Waals surface area contributed by atoms with Crippen molar-refractivity contribution in [2.75, 3.05) is 5.75 Å². The molecule has 126 valence electrons. The largest absolute Gasteiger partial charge is 0.344 e. The van der Waals surface area contributed by atoms with Gasteiger partial charge in [0.1, 0.15) is 11.1 Å². The molecule has 24 heavy (non-hydrogen) atoms. The third-order valence-corrected chi connectivity index (χ3v) is 6.42. The number of hydrogen-bond donors (Lipinski definition) is 1. The summed E-state index contributed by atoms with van der Waals surface area (Å²) in [4.78, 5) is 12.5. The monoisotopic (exact) mass is 347 g/mol. The van der Waals surface area contributed by atoms with E-state index in [1.54, 1.807) is 12.1 Å². The van der Waals surface area contributed by atoms with Crippen LogP contribution in [0.2, 0.25) is 0 Å². The Morgan fingerprint density at radius 1 is 1.04 bits per heavy atom. The van der Waals surface area contributed by atoms with E-state index in [2.05, 4.69) is 5.32 Å². The van der Waals surface area contributed by atoms with E-state index in [0.29, 0.717) is 18.4 Å². The summed E-state index contributed by atoms with van der Waals surface area (Å²) in [5, 5.41) is 1.83. The smallest absolute Gasteiger partial charge is 0.239 e. The molecule has 6 heteroatoms. The SMILES string of the molecule is O=C(NC(c1ccccc1)c1ccc(F)cc1)C1CCCS1(=O)=O. The van der Waals surface area contributed by atoms with E-state index in [1.165, 1.54) is 12.1 Å². The van der Waals surface area contributed by atoms with E-state index < -0.39 is 27.0 Å². The Hall–Kier alpha value is -2.21. The molecule has 2 aromatic carbocycles. The van der Waals surface area contributed by atoms with Crippen LogP contribution in [0.25, 0.3) is 0 Å². The molecule has 0 aromatic heterocycles. The van der Waals surface area contributed by atoms with Gasteiger partial charge in [0.2, 0.25) is 5.91 Å². The van der Waals surface area contributed by atoms with Gasteiger partial charge in [0, 0.05) is 0 Å². The first-order chi connectivity index (χ1) is 11.5. The first kappa shape index (κ1) is 16.6. The highest BCUT2D eigenvalue weighted by Crippen LogP contribution is 2.25. The molecule has 1 heterocycles. The molecule has 0 bridgehead atoms. The molecule has 0 saturated carbocycles. The number of nitrogens with one attached hydrogen (secondary N) is 1. The third-order valence-electron chi connectivity index (χ3n) is 4.24. The van der Waals surface area contributed by atoms with Crippen molar-refractivity contribution in [3.8, 4) is 0 Å². The van der Waals surface area contributed by atoms with E-state index in [1.807, 2.05) is 30.3 Å². The summed E-state index contributed by atoms with van der Waals surface area (Å²) in [5.74, 6) is -0.807. The molecule has 0 aliphatic carbocycles. The Labute approximate surface area is 140 Å². The van der Waals surface area contributed by atoms with Gasteiger partial charge < -0.3 is 5.32 Å². The maximum Gasteiger partial charge on any atom is 0.239 e. The van der Waals surface area contributed by atoms with Crippen molar-refractivity contribution in [1.29, 1.82) is 0 Å². The number of benzene rings is 2. The van der Waals surface area contributed by atoms with Gasteiger partial charge in [-0.2, -0.15) is 0 Å². The molecular formula is C18H18FNO3S. The Bertz CT molecular complexity index is 819. The van der Waals surface area contributed by atoms with Crippen molar-refractivity contribution in [2.24, 2.45) is 0 Å². The molecule has 2 aromatic rings. The van der Waals surface area contributed by atoms with Crippen LogP contribution in [0.1, 0.15) is 30.0 Å². The lowest BCUT2D eigenvalue weighted by atomic mass is 9.98. The Balaban J connectivity index is 1.91. The number of amides is 1. The second-order valence-corrected chi connectivity index (χ2v) is 8.20. The fraction of sp³-hybridized carbons (Fsp3) is 0.278. The van der Waals surface area contributed by atoms with Crippen molar-refractivity contribution < 1.29 is 17.6 Å². The van der Waals surface area contributed by atoms with Crippen molar-refractivity contribution in [2.45, 2.75) is 24.1 Å². The Morgan fingerprint density at radius 2 is 1.67 bits per heavy atom. The van der Waals surface area contributed by atoms with Gasteiger partial charge in [0.15, 0.2) is 9.84 Å². The minimum atomic E-state index is -3.38. The number of halogens is 1. The lowest BCUT2D eigenvalue weighted by Gasteiger charge is -2.21. The van der Waals surface area contributed by atoms with Crippen LogP contribution < -0.4 is 5.32 Å². The Kier molecular flexibility index (Phi) is 4.66. The highest BCUT2D eigenvalue weighted by atomic mass is 32.2. The predicted molar refractivity (Wildman–Crippen MR) is 89.6 cm³/mol. The van der Waals surface area contributed by atoms with Gasteiger partial charge in [0.05, 0.1) is 11.8 Å². The normalized spacial score (nSPS) is 20.5. The quantitative estimate of drug-likeness (QED) is 0.925. The van der Waals surface area contributed by atoms with Crippen molar-refractivity contribution in [3.63, 3.8) is 0 Å². The lowest BCUT2D eigenvalue weighted by molar-refractivity contribution is -0.121. The van der Waals surface area contributed by atoms with E-state index in [4.69, 9.17) is 0 Å². The van der Waals surface area contributed by atoms with Crippen LogP contribution in [-0.4, -0.2) is 25.3 Å². The zero-order valence-electron chi connectivity index (χ0n) is 13.0. The molecule has 1 aliphatic heterocycles. The maximum atomic E-state index is 13.2. The maximum absolute atomic E-state index is 13.2. The zero-order valence-corrected chi connectivity index (χ0v) is 13.8. The lowest BCUT2D eigenvalue weighted by Crippen LogP contribution is -2.39. The minimum absolute atomic E-state index is 0.0532. The van der Waals surface area contributed by atoms with Crippen LogP contribution in [-0.2, 0) is 14.6 Å². The van der Waals surface area contributed by atoms with Crippen molar-refractivity contribution in [1.82, 2.24) is 5.32 Å². The van der Waals surface area contributed by atoms with Crippen molar-refractivity contribution in [3.05, 3.63) is 71.5 Å². The molecule has 0 radical (unpaired) electrons. The molecular weight excluding hydrogens is 329 g/mol. The van der Waals surface area contributed by atoms with Gasteiger partial charge in [-0.25, -0.2) is 12.8 Å². The van der Waals surface area contributed by atoms with Crippen LogP contribution >= 0.6 is 0 Å². The van der Waals surface area contributed by atoms with Crippen molar-refractivity contribution >= 4 is 15.7 Å². The zero-order chi connectivity index (χ0) is 17.2. The molecule has 3 rings (SSSR count). The minimum Gasteiger partial charge on any atom is -0.344 e. The fourth-order valence-electron chi connectivity index (χ4n) is 2.98. The highest BCUT2D eigenvalue weighted by Gasteiger charge is 2.38. The number of carbonyl (C=O) groups is 1. The van der Waals surface area contributed by atoms with Gasteiger partial charge in [-0.05, 0) is 36.1 Å². The van der Waals surface area contributed by atoms with E-state index in [9.17, 15) is 17.6 Å². The van der Waals surface area contributed by atoms with Gasteiger partial charge in [-0.1, -0.05) is 42.5 Å². The molecule has 2 unspecified atom stereocenters. The predicted octanol–water partition coefficient (Wildman–Crippen LogP) is 2.61. The molecule has 0 spiro atoms. The van der Waals surface area contributed by atoms with Crippen LogP contribution in [0, 0.1) is 5.82 Å². The van der Waals surface area contributed by atoms with E-state index >= 15 is 0 Å². The summed E-state index contributed by atoms with van der Waals surface area (Å²) in [6.07, 6.45) is 0.853. The molecule has 1 saturated heterocycles. The molecule has 2 atom stereocenters. The van der Waals surface area contributed by atoms with Crippen LogP contribution in [0.4, 0.5) is 4.39 Å². The number of carbonyl (C=O) groups excluding carboxylic acids is 1. The van der Waals surface area contributed by atoms with E-state index in [0.717, 1.165) is 5.56 Å². The topological polar surface area (TPSA) is 63.2 Å². The molecule has 1 amide bonds. The van der Waals surface area contributed by atoms with Gasteiger partial charge in [-0.3, -0.25) is 4.79 Å². The fourth-order valence-corrected chi connectivity index (χ4v) is 4.75. The summed E-state index contributed by atoms with van der Waals surface area (Å²) < 4.78 is 37.2. The molecule has 1 fully saturated rings. The number of hydrogen-bond acceptors (Lipinski definition) is 3. The molecule has 4 nitrogen and oxygen atoms in total. The van der Waals surface area contributed by atoms with Crippen LogP contribution in [0.5, 0.6) is 0 Å². The summed E-state index contributed by atoms with van der Waals surface area (Å²) in [5.41, 5.74) is 1.51. The second-order valence-electron chi connectivity index (χ2n) is 5.90. The molecule has 1 aliphatic rings. The van der Waals surface area contributed by atoms with Gasteiger partial charge in [-0.15, -0.1) is 0 Å². The first-order valence-corrected chi connectivity index (χ1v) is 9.51. The third kappa shape index (κ3) is 3.48. The summed E-state index contributed by atoms with van der Waals surface area (Å²) in [7, 11) is -3.38. The Morgan fingerprint density at radius 3 is 2.25 bits per heavy atom. The number of sulfone groups is 1. The highest BCUT2D eigenvalue weighted by molar-refractivity contribution is 7.93. The van der Waals surface area contributed by atoms with E-state index in [-0.39, 0.29) is 11.6 Å². The standard InChI is InChI=1S/C18H18FNO3S/c19-15-10-8-14(9-11-15)17(13-5-2-1-3-6-13)20-18(21)16-7-4-12-24(16,22)23/h1-3,5-6,8-11,16-17H,4,7,12H2,(H,20,21). The average molecular weight is 347 g/mol. The average Bonchev–Trinajstić information content (AvgIpc) is 2.93. The summed E-state index contributed by atoms with van der Waals surface area (Å²) in [6.45, 7) is 0. The van der Waals surface area contributed by atoms with Crippen LogP contribution in [0.3, 0.4) is 0 Å².